The monoisotopic (exact) mass is 387 g/mol. The van der Waals surface area contributed by atoms with Crippen molar-refractivity contribution in [2.45, 2.75) is 6.61 Å². The Balaban J connectivity index is 1.76. The average Bonchev–Trinajstić information content (AvgIpc) is 3.33. The zero-order valence-electron chi connectivity index (χ0n) is 16.0. The normalized spacial score (nSPS) is 11.6. The summed E-state index contributed by atoms with van der Waals surface area (Å²) in [5.74, 6) is 0.231. The van der Waals surface area contributed by atoms with Crippen molar-refractivity contribution in [2.24, 2.45) is 7.05 Å². The second-order valence-corrected chi connectivity index (χ2v) is 6.88. The standard InChI is InChI=1S/C22H18FN5O/c1-27-11-10-17-19(14-6-8-16(23)9-7-14)25-22(26-21(17)27)28-13-24-20-15(12-29-2)4-3-5-18(20)28/h3-11,13H,12H2,1-2H3. The Hall–Kier alpha value is -3.58. The van der Waals surface area contributed by atoms with Crippen molar-refractivity contribution in [3.05, 3.63) is 72.4 Å². The van der Waals surface area contributed by atoms with E-state index in [-0.39, 0.29) is 5.82 Å². The van der Waals surface area contributed by atoms with Crippen molar-refractivity contribution in [2.75, 3.05) is 7.11 Å². The number of imidazole rings is 1. The molecule has 0 aliphatic rings. The van der Waals surface area contributed by atoms with Gasteiger partial charge in [-0.15, -0.1) is 0 Å². The highest BCUT2D eigenvalue weighted by atomic mass is 19.1. The summed E-state index contributed by atoms with van der Waals surface area (Å²) in [5, 5.41) is 0.910. The molecule has 0 fully saturated rings. The van der Waals surface area contributed by atoms with Gasteiger partial charge in [0.25, 0.3) is 0 Å². The maximum Gasteiger partial charge on any atom is 0.238 e. The maximum atomic E-state index is 13.4. The lowest BCUT2D eigenvalue weighted by Gasteiger charge is -2.09. The van der Waals surface area contributed by atoms with Gasteiger partial charge in [0.05, 0.1) is 23.3 Å². The molecule has 0 amide bonds. The lowest BCUT2D eigenvalue weighted by atomic mass is 10.1. The molecule has 0 saturated heterocycles. The van der Waals surface area contributed by atoms with Crippen LogP contribution in [0.4, 0.5) is 4.39 Å². The number of halogens is 1. The SMILES string of the molecule is COCc1cccc2c1ncn2-c1nc(-c2ccc(F)cc2)c2ccn(C)c2n1. The molecule has 0 saturated carbocycles. The van der Waals surface area contributed by atoms with E-state index in [2.05, 4.69) is 4.98 Å². The quantitative estimate of drug-likeness (QED) is 0.462. The van der Waals surface area contributed by atoms with E-state index in [9.17, 15) is 4.39 Å². The van der Waals surface area contributed by atoms with Crippen LogP contribution in [0.15, 0.2) is 61.1 Å². The number of hydrogen-bond donors (Lipinski definition) is 0. The summed E-state index contributed by atoms with van der Waals surface area (Å²) in [7, 11) is 3.60. The zero-order valence-corrected chi connectivity index (χ0v) is 16.0. The molecule has 6 nitrogen and oxygen atoms in total. The highest BCUT2D eigenvalue weighted by Gasteiger charge is 2.16. The highest BCUT2D eigenvalue weighted by Crippen LogP contribution is 2.29. The van der Waals surface area contributed by atoms with Crippen LogP contribution in [0, 0.1) is 5.82 Å². The Kier molecular flexibility index (Phi) is 4.10. The molecule has 0 aliphatic heterocycles. The second-order valence-electron chi connectivity index (χ2n) is 6.88. The van der Waals surface area contributed by atoms with Gasteiger partial charge in [-0.1, -0.05) is 12.1 Å². The molecule has 2 aromatic carbocycles. The molecule has 5 rings (SSSR count). The van der Waals surface area contributed by atoms with Crippen LogP contribution in [0.2, 0.25) is 0 Å². The number of fused-ring (bicyclic) bond motifs is 2. The van der Waals surface area contributed by atoms with E-state index in [1.165, 1.54) is 12.1 Å². The number of methoxy groups -OCH3 is 1. The summed E-state index contributed by atoms with van der Waals surface area (Å²) >= 11 is 0. The fraction of sp³-hybridized carbons (Fsp3) is 0.136. The van der Waals surface area contributed by atoms with Crippen LogP contribution in [0.3, 0.4) is 0 Å². The molecule has 0 radical (unpaired) electrons. The summed E-state index contributed by atoms with van der Waals surface area (Å²) < 4.78 is 22.5. The van der Waals surface area contributed by atoms with Gasteiger partial charge in [0.2, 0.25) is 5.95 Å². The Bertz CT molecular complexity index is 1340. The van der Waals surface area contributed by atoms with Crippen LogP contribution < -0.4 is 0 Å². The molecule has 29 heavy (non-hydrogen) atoms. The first-order chi connectivity index (χ1) is 14.2. The maximum absolute atomic E-state index is 13.4. The third-order valence-corrected chi connectivity index (χ3v) is 5.01. The van der Waals surface area contributed by atoms with E-state index in [4.69, 9.17) is 14.7 Å². The van der Waals surface area contributed by atoms with Crippen molar-refractivity contribution in [3.63, 3.8) is 0 Å². The van der Waals surface area contributed by atoms with Crippen LogP contribution in [0.5, 0.6) is 0 Å². The fourth-order valence-corrected chi connectivity index (χ4v) is 3.59. The third-order valence-electron chi connectivity index (χ3n) is 5.01. The summed E-state index contributed by atoms with van der Waals surface area (Å²) in [6, 6.07) is 14.3. The van der Waals surface area contributed by atoms with Crippen molar-refractivity contribution in [1.82, 2.24) is 24.1 Å². The van der Waals surface area contributed by atoms with Gasteiger partial charge in [-0.2, -0.15) is 4.98 Å². The molecule has 0 atom stereocenters. The van der Waals surface area contributed by atoms with Crippen LogP contribution >= 0.6 is 0 Å². The lowest BCUT2D eigenvalue weighted by molar-refractivity contribution is 0.186. The third kappa shape index (κ3) is 2.87. The second kappa shape index (κ2) is 6.79. The number of ether oxygens (including phenoxy) is 1. The number of benzene rings is 2. The molecular weight excluding hydrogens is 369 g/mol. The van der Waals surface area contributed by atoms with E-state index in [1.54, 1.807) is 25.6 Å². The predicted octanol–water partition coefficient (Wildman–Crippen LogP) is 4.26. The summed E-state index contributed by atoms with van der Waals surface area (Å²) in [4.78, 5) is 14.2. The number of aromatic nitrogens is 5. The number of hydrogen-bond acceptors (Lipinski definition) is 4. The van der Waals surface area contributed by atoms with Gasteiger partial charge >= 0.3 is 0 Å². The number of nitrogens with zero attached hydrogens (tertiary/aromatic N) is 5. The van der Waals surface area contributed by atoms with Gasteiger partial charge in [-0.3, -0.25) is 4.57 Å². The average molecular weight is 387 g/mol. The minimum atomic E-state index is -0.279. The minimum absolute atomic E-state index is 0.279. The van der Waals surface area contributed by atoms with E-state index < -0.39 is 0 Å². The van der Waals surface area contributed by atoms with E-state index in [1.807, 2.05) is 46.6 Å². The van der Waals surface area contributed by atoms with Gasteiger partial charge < -0.3 is 9.30 Å². The van der Waals surface area contributed by atoms with Gasteiger partial charge in [0.1, 0.15) is 17.8 Å². The first kappa shape index (κ1) is 17.5. The molecule has 3 heterocycles. The Labute approximate surface area is 166 Å². The van der Waals surface area contributed by atoms with Crippen molar-refractivity contribution >= 4 is 22.1 Å². The topological polar surface area (TPSA) is 57.8 Å². The highest BCUT2D eigenvalue weighted by molar-refractivity contribution is 5.92. The van der Waals surface area contributed by atoms with Gasteiger partial charge in [0.15, 0.2) is 0 Å². The predicted molar refractivity (Wildman–Crippen MR) is 109 cm³/mol. The molecule has 0 unspecified atom stereocenters. The van der Waals surface area contributed by atoms with Gasteiger partial charge in [0, 0.05) is 36.9 Å². The fourth-order valence-electron chi connectivity index (χ4n) is 3.59. The summed E-state index contributed by atoms with van der Waals surface area (Å²) in [6.45, 7) is 0.479. The Morgan fingerprint density at radius 3 is 2.66 bits per heavy atom. The summed E-state index contributed by atoms with van der Waals surface area (Å²) in [6.07, 6.45) is 3.67. The molecule has 0 aliphatic carbocycles. The van der Waals surface area contributed by atoms with Crippen LogP contribution in [0.1, 0.15) is 5.56 Å². The molecular formula is C22H18FN5O. The van der Waals surface area contributed by atoms with Crippen LogP contribution in [-0.2, 0) is 18.4 Å². The lowest BCUT2D eigenvalue weighted by Crippen LogP contribution is -2.03. The minimum Gasteiger partial charge on any atom is -0.380 e. The molecule has 0 spiro atoms. The van der Waals surface area contributed by atoms with E-state index >= 15 is 0 Å². The Morgan fingerprint density at radius 1 is 1.03 bits per heavy atom. The molecule has 3 aromatic heterocycles. The molecule has 0 bridgehead atoms. The van der Waals surface area contributed by atoms with E-state index in [0.717, 1.165) is 38.9 Å². The number of rotatable bonds is 4. The molecule has 5 aromatic rings. The van der Waals surface area contributed by atoms with E-state index in [0.29, 0.717) is 12.6 Å². The van der Waals surface area contributed by atoms with Gasteiger partial charge in [-0.25, -0.2) is 14.4 Å². The number of aryl methyl sites for hydroxylation is 1. The van der Waals surface area contributed by atoms with Gasteiger partial charge in [-0.05, 0) is 36.4 Å². The van der Waals surface area contributed by atoms with Crippen molar-refractivity contribution in [1.29, 1.82) is 0 Å². The smallest absolute Gasteiger partial charge is 0.238 e. The zero-order chi connectivity index (χ0) is 20.0. The van der Waals surface area contributed by atoms with Crippen LogP contribution in [-0.4, -0.2) is 31.2 Å². The molecule has 0 N–H and O–H groups in total. The van der Waals surface area contributed by atoms with Crippen molar-refractivity contribution < 1.29 is 9.13 Å². The van der Waals surface area contributed by atoms with Crippen LogP contribution in [0.25, 0.3) is 39.3 Å². The molecule has 144 valence electrons. The number of para-hydroxylation sites is 1. The Morgan fingerprint density at radius 2 is 1.86 bits per heavy atom. The first-order valence-corrected chi connectivity index (χ1v) is 9.19. The molecule has 7 heteroatoms. The van der Waals surface area contributed by atoms with Crippen molar-refractivity contribution in [3.8, 4) is 17.2 Å². The first-order valence-electron chi connectivity index (χ1n) is 9.19. The largest absolute Gasteiger partial charge is 0.380 e. The summed E-state index contributed by atoms with van der Waals surface area (Å²) in [5.41, 5.74) is 5.13.